The van der Waals surface area contributed by atoms with Crippen molar-refractivity contribution in [3.63, 3.8) is 0 Å². The Kier molecular flexibility index (Phi) is 4.47. The number of aromatic nitrogens is 2. The van der Waals surface area contributed by atoms with E-state index in [4.69, 9.17) is 0 Å². The van der Waals surface area contributed by atoms with E-state index < -0.39 is 0 Å². The van der Waals surface area contributed by atoms with Crippen molar-refractivity contribution in [1.29, 1.82) is 0 Å². The van der Waals surface area contributed by atoms with E-state index in [1.807, 2.05) is 31.9 Å². The van der Waals surface area contributed by atoms with Gasteiger partial charge in [0.05, 0.1) is 17.0 Å². The Hall–Kier alpha value is -1.49. The van der Waals surface area contributed by atoms with Crippen molar-refractivity contribution in [2.45, 2.75) is 26.7 Å². The summed E-state index contributed by atoms with van der Waals surface area (Å²) in [5.41, 5.74) is 2.32. The van der Waals surface area contributed by atoms with Gasteiger partial charge < -0.3 is 10.2 Å². The summed E-state index contributed by atoms with van der Waals surface area (Å²) in [6, 6.07) is 1.86. The average molecular weight is 262 g/mol. The van der Waals surface area contributed by atoms with Crippen molar-refractivity contribution in [3.05, 3.63) is 23.0 Å². The fraction of sp³-hybridized carbons (Fsp3) is 0.643. The van der Waals surface area contributed by atoms with Crippen LogP contribution in [-0.4, -0.2) is 47.7 Å². The Balaban J connectivity index is 2.14. The molecule has 1 aliphatic heterocycles. The first-order chi connectivity index (χ1) is 9.15. The normalized spacial score (nSPS) is 18.9. The number of hydrogen-bond donors (Lipinski definition) is 1. The third-order valence-corrected chi connectivity index (χ3v) is 3.62. The van der Waals surface area contributed by atoms with Gasteiger partial charge in [0.25, 0.3) is 5.91 Å². The highest BCUT2D eigenvalue weighted by Gasteiger charge is 2.27. The van der Waals surface area contributed by atoms with Crippen LogP contribution in [0.1, 0.15) is 35.1 Å². The first-order valence-corrected chi connectivity index (χ1v) is 6.92. The van der Waals surface area contributed by atoms with Crippen LogP contribution in [-0.2, 0) is 6.42 Å². The molecule has 0 aliphatic carbocycles. The minimum Gasteiger partial charge on any atom is -0.338 e. The maximum atomic E-state index is 12.6. The number of aryl methyl sites for hydroxylation is 2. The number of nitrogens with one attached hydrogen (secondary N) is 1. The molecule has 104 valence electrons. The van der Waals surface area contributed by atoms with Crippen LogP contribution in [0.3, 0.4) is 0 Å². The van der Waals surface area contributed by atoms with E-state index in [1.165, 1.54) is 0 Å². The van der Waals surface area contributed by atoms with Gasteiger partial charge in [-0.25, -0.2) is 0 Å². The highest BCUT2D eigenvalue weighted by Crippen LogP contribution is 2.19. The van der Waals surface area contributed by atoms with Crippen LogP contribution in [0.4, 0.5) is 0 Å². The molecule has 5 heteroatoms. The monoisotopic (exact) mass is 262 g/mol. The van der Waals surface area contributed by atoms with Crippen molar-refractivity contribution in [2.24, 2.45) is 5.92 Å². The molecule has 1 atom stereocenters. The maximum Gasteiger partial charge on any atom is 0.255 e. The number of hydrogen-bond acceptors (Lipinski definition) is 4. The molecule has 0 spiro atoms. The minimum absolute atomic E-state index is 0.105. The van der Waals surface area contributed by atoms with Gasteiger partial charge in [0, 0.05) is 13.1 Å². The Bertz CT molecular complexity index is 461. The van der Waals surface area contributed by atoms with Crippen LogP contribution >= 0.6 is 0 Å². The van der Waals surface area contributed by atoms with Gasteiger partial charge in [-0.15, -0.1) is 0 Å². The second kappa shape index (κ2) is 6.10. The highest BCUT2D eigenvalue weighted by molar-refractivity contribution is 5.95. The first-order valence-electron chi connectivity index (χ1n) is 6.92. The molecule has 0 aromatic carbocycles. The third kappa shape index (κ3) is 3.10. The summed E-state index contributed by atoms with van der Waals surface area (Å²) in [7, 11) is 1.95. The highest BCUT2D eigenvalue weighted by atomic mass is 16.2. The van der Waals surface area contributed by atoms with Crippen molar-refractivity contribution in [3.8, 4) is 0 Å². The fourth-order valence-electron chi connectivity index (χ4n) is 2.60. The Morgan fingerprint density at radius 3 is 3.00 bits per heavy atom. The van der Waals surface area contributed by atoms with Crippen molar-refractivity contribution >= 4 is 5.91 Å². The summed E-state index contributed by atoms with van der Waals surface area (Å²) in [4.78, 5) is 14.5. The molecule has 0 radical (unpaired) electrons. The number of likely N-dealkylation sites (tertiary alicyclic amines) is 1. The quantitative estimate of drug-likeness (QED) is 0.880. The number of carbonyl (C=O) groups is 1. The molecule has 1 saturated heterocycles. The zero-order valence-electron chi connectivity index (χ0n) is 11.9. The van der Waals surface area contributed by atoms with Gasteiger partial charge in [-0.1, -0.05) is 6.92 Å². The van der Waals surface area contributed by atoms with Gasteiger partial charge in [-0.2, -0.15) is 10.2 Å². The van der Waals surface area contributed by atoms with Gasteiger partial charge in [0.2, 0.25) is 0 Å². The number of amides is 1. The molecule has 1 fully saturated rings. The van der Waals surface area contributed by atoms with E-state index >= 15 is 0 Å². The molecular weight excluding hydrogens is 240 g/mol. The van der Waals surface area contributed by atoms with Crippen molar-refractivity contribution in [2.75, 3.05) is 26.7 Å². The number of rotatable bonds is 4. The third-order valence-electron chi connectivity index (χ3n) is 3.62. The van der Waals surface area contributed by atoms with Crippen LogP contribution in [0.25, 0.3) is 0 Å². The van der Waals surface area contributed by atoms with Crippen LogP contribution in [0, 0.1) is 12.8 Å². The summed E-state index contributed by atoms with van der Waals surface area (Å²) in [5.74, 6) is 0.670. The number of nitrogens with zero attached hydrogens (tertiary/aromatic N) is 3. The minimum atomic E-state index is 0.105. The molecular formula is C14H22N4O. The topological polar surface area (TPSA) is 58.1 Å². The second-order valence-corrected chi connectivity index (χ2v) is 5.16. The molecule has 0 saturated carbocycles. The van der Waals surface area contributed by atoms with Gasteiger partial charge in [-0.05, 0) is 45.3 Å². The van der Waals surface area contributed by atoms with Gasteiger partial charge >= 0.3 is 0 Å². The Morgan fingerprint density at radius 2 is 2.32 bits per heavy atom. The van der Waals surface area contributed by atoms with Gasteiger partial charge in [0.1, 0.15) is 0 Å². The Labute approximate surface area is 114 Å². The summed E-state index contributed by atoms with van der Waals surface area (Å²) in [5, 5.41) is 11.3. The lowest BCUT2D eigenvalue weighted by Crippen LogP contribution is -2.31. The van der Waals surface area contributed by atoms with E-state index in [-0.39, 0.29) is 5.91 Å². The van der Waals surface area contributed by atoms with E-state index in [0.717, 1.165) is 49.4 Å². The van der Waals surface area contributed by atoms with Crippen LogP contribution in [0.2, 0.25) is 0 Å². The van der Waals surface area contributed by atoms with Crippen molar-refractivity contribution < 1.29 is 4.79 Å². The molecule has 2 heterocycles. The average Bonchev–Trinajstić information content (AvgIpc) is 2.87. The SMILES string of the molecule is CCc1nnc(C)cc1C(=O)N1CCC(CNC)C1. The largest absolute Gasteiger partial charge is 0.338 e. The van der Waals surface area contributed by atoms with Gasteiger partial charge in [0.15, 0.2) is 0 Å². The molecule has 1 aromatic rings. The molecule has 1 N–H and O–H groups in total. The molecule has 0 bridgehead atoms. The van der Waals surface area contributed by atoms with Gasteiger partial charge in [-0.3, -0.25) is 4.79 Å². The summed E-state index contributed by atoms with van der Waals surface area (Å²) in [6.45, 7) is 6.53. The summed E-state index contributed by atoms with van der Waals surface area (Å²) >= 11 is 0. The second-order valence-electron chi connectivity index (χ2n) is 5.16. The molecule has 2 rings (SSSR count). The van der Waals surface area contributed by atoms with E-state index in [0.29, 0.717) is 5.92 Å². The van der Waals surface area contributed by atoms with Crippen molar-refractivity contribution in [1.82, 2.24) is 20.4 Å². The zero-order valence-corrected chi connectivity index (χ0v) is 11.9. The molecule has 1 unspecified atom stereocenters. The molecule has 1 aliphatic rings. The van der Waals surface area contributed by atoms with Crippen LogP contribution in [0.15, 0.2) is 6.07 Å². The maximum absolute atomic E-state index is 12.6. The summed E-state index contributed by atoms with van der Waals surface area (Å²) < 4.78 is 0. The lowest BCUT2D eigenvalue weighted by atomic mass is 10.1. The van der Waals surface area contributed by atoms with Crippen LogP contribution < -0.4 is 5.32 Å². The fourth-order valence-corrected chi connectivity index (χ4v) is 2.60. The lowest BCUT2D eigenvalue weighted by molar-refractivity contribution is 0.0785. The predicted molar refractivity (Wildman–Crippen MR) is 74.1 cm³/mol. The van der Waals surface area contributed by atoms with Crippen LogP contribution in [0.5, 0.6) is 0 Å². The number of carbonyl (C=O) groups excluding carboxylic acids is 1. The van der Waals surface area contributed by atoms with E-state index in [1.54, 1.807) is 0 Å². The standard InChI is InChI=1S/C14H22N4O/c1-4-13-12(7-10(2)16-17-13)14(19)18-6-5-11(9-18)8-15-3/h7,11,15H,4-6,8-9H2,1-3H3. The zero-order chi connectivity index (χ0) is 13.8. The first kappa shape index (κ1) is 13.9. The smallest absolute Gasteiger partial charge is 0.255 e. The molecule has 1 aromatic heterocycles. The van der Waals surface area contributed by atoms with E-state index in [9.17, 15) is 4.79 Å². The summed E-state index contributed by atoms with van der Waals surface area (Å²) in [6.07, 6.45) is 1.81. The lowest BCUT2D eigenvalue weighted by Gasteiger charge is -2.18. The molecule has 19 heavy (non-hydrogen) atoms. The molecule has 1 amide bonds. The predicted octanol–water partition coefficient (Wildman–Crippen LogP) is 1.03. The molecule has 5 nitrogen and oxygen atoms in total. The Morgan fingerprint density at radius 1 is 1.53 bits per heavy atom. The van der Waals surface area contributed by atoms with E-state index in [2.05, 4.69) is 15.5 Å².